The van der Waals surface area contributed by atoms with Crippen molar-refractivity contribution >= 4 is 11.5 Å². The summed E-state index contributed by atoms with van der Waals surface area (Å²) in [5.41, 5.74) is 4.35. The van der Waals surface area contributed by atoms with Crippen molar-refractivity contribution in [3.05, 3.63) is 47.3 Å². The molecular weight excluding hydrogens is 340 g/mol. The molecule has 0 spiro atoms. The minimum Gasteiger partial charge on any atom is -0.475 e. The fraction of sp³-hybridized carbons (Fsp3) is 0.476. The van der Waals surface area contributed by atoms with Crippen LogP contribution in [0.15, 0.2) is 35.6 Å². The summed E-state index contributed by atoms with van der Waals surface area (Å²) in [7, 11) is 0. The maximum absolute atomic E-state index is 5.96. The van der Waals surface area contributed by atoms with Gasteiger partial charge in [0.15, 0.2) is 0 Å². The average molecular weight is 364 g/mol. The maximum Gasteiger partial charge on any atom is 0.214 e. The molecule has 27 heavy (non-hydrogen) atoms. The standard InChI is InChI=1S/C21H24N4O2/c1-13(2)26-20-8-18-15(9-23-20)10-24-21(18)14-5-6-22-19(7-14)25-11-16-3-4-17(12-25)27-16/h5-9,13,16-17H,3-4,10-12H2,1-2H3. The van der Waals surface area contributed by atoms with Gasteiger partial charge >= 0.3 is 0 Å². The first-order valence-electron chi connectivity index (χ1n) is 9.73. The van der Waals surface area contributed by atoms with Crippen LogP contribution in [0, 0.1) is 0 Å². The Balaban J connectivity index is 1.44. The summed E-state index contributed by atoms with van der Waals surface area (Å²) >= 11 is 0. The van der Waals surface area contributed by atoms with Gasteiger partial charge in [0.1, 0.15) is 5.82 Å². The van der Waals surface area contributed by atoms with E-state index in [2.05, 4.69) is 20.9 Å². The van der Waals surface area contributed by atoms with Gasteiger partial charge in [0, 0.05) is 48.2 Å². The summed E-state index contributed by atoms with van der Waals surface area (Å²) in [6, 6.07) is 6.20. The van der Waals surface area contributed by atoms with Crippen molar-refractivity contribution in [3.63, 3.8) is 0 Å². The van der Waals surface area contributed by atoms with E-state index in [-0.39, 0.29) is 6.10 Å². The molecule has 3 aliphatic heterocycles. The van der Waals surface area contributed by atoms with E-state index < -0.39 is 0 Å². The van der Waals surface area contributed by atoms with Gasteiger partial charge in [-0.3, -0.25) is 4.99 Å². The Morgan fingerprint density at radius 1 is 1.15 bits per heavy atom. The lowest BCUT2D eigenvalue weighted by molar-refractivity contribution is 0.0302. The number of hydrogen-bond donors (Lipinski definition) is 0. The Kier molecular flexibility index (Phi) is 4.08. The van der Waals surface area contributed by atoms with Crippen LogP contribution in [0.3, 0.4) is 0 Å². The molecule has 0 amide bonds. The summed E-state index contributed by atoms with van der Waals surface area (Å²) in [5.74, 6) is 1.66. The van der Waals surface area contributed by atoms with Crippen molar-refractivity contribution in [2.45, 2.75) is 51.5 Å². The Morgan fingerprint density at radius 2 is 1.96 bits per heavy atom. The molecule has 2 bridgehead atoms. The molecule has 0 radical (unpaired) electrons. The van der Waals surface area contributed by atoms with Crippen molar-refractivity contribution < 1.29 is 9.47 Å². The van der Waals surface area contributed by atoms with E-state index in [9.17, 15) is 0 Å². The maximum atomic E-state index is 5.96. The van der Waals surface area contributed by atoms with Gasteiger partial charge in [-0.15, -0.1) is 0 Å². The minimum absolute atomic E-state index is 0.0987. The highest BCUT2D eigenvalue weighted by Gasteiger charge is 2.34. The second-order valence-electron chi connectivity index (χ2n) is 7.78. The minimum atomic E-state index is 0.0987. The van der Waals surface area contributed by atoms with Crippen LogP contribution in [0.1, 0.15) is 43.4 Å². The number of fused-ring (bicyclic) bond motifs is 3. The molecule has 5 heterocycles. The molecule has 6 nitrogen and oxygen atoms in total. The number of anilines is 1. The lowest BCUT2D eigenvalue weighted by Crippen LogP contribution is -2.43. The highest BCUT2D eigenvalue weighted by atomic mass is 16.5. The highest BCUT2D eigenvalue weighted by molar-refractivity contribution is 6.15. The van der Waals surface area contributed by atoms with E-state index in [0.717, 1.165) is 54.2 Å². The van der Waals surface area contributed by atoms with E-state index in [1.54, 1.807) is 0 Å². The predicted molar refractivity (Wildman–Crippen MR) is 104 cm³/mol. The van der Waals surface area contributed by atoms with Crippen molar-refractivity contribution in [1.82, 2.24) is 9.97 Å². The topological polar surface area (TPSA) is 59.8 Å². The molecule has 6 heteroatoms. The Bertz CT molecular complexity index is 884. The Labute approximate surface area is 159 Å². The van der Waals surface area contributed by atoms with E-state index >= 15 is 0 Å². The first-order valence-corrected chi connectivity index (χ1v) is 9.73. The first kappa shape index (κ1) is 16.7. The normalized spacial score (nSPS) is 23.5. The largest absolute Gasteiger partial charge is 0.475 e. The van der Waals surface area contributed by atoms with Gasteiger partial charge in [0.25, 0.3) is 0 Å². The highest BCUT2D eigenvalue weighted by Crippen LogP contribution is 2.30. The molecule has 2 atom stereocenters. The molecule has 2 unspecified atom stereocenters. The van der Waals surface area contributed by atoms with Crippen molar-refractivity contribution in [3.8, 4) is 5.88 Å². The van der Waals surface area contributed by atoms with Crippen molar-refractivity contribution in [2.24, 2.45) is 4.99 Å². The van der Waals surface area contributed by atoms with Crippen LogP contribution < -0.4 is 9.64 Å². The molecule has 0 N–H and O–H groups in total. The number of aromatic nitrogens is 2. The molecule has 5 rings (SSSR count). The fourth-order valence-corrected chi connectivity index (χ4v) is 4.15. The van der Waals surface area contributed by atoms with Crippen LogP contribution >= 0.6 is 0 Å². The lowest BCUT2D eigenvalue weighted by atomic mass is 10.0. The van der Waals surface area contributed by atoms with Gasteiger partial charge in [0.2, 0.25) is 5.88 Å². The summed E-state index contributed by atoms with van der Waals surface area (Å²) in [5, 5.41) is 0. The predicted octanol–water partition coefficient (Wildman–Crippen LogP) is 2.98. The van der Waals surface area contributed by atoms with Crippen LogP contribution in [-0.2, 0) is 11.3 Å². The summed E-state index contributed by atoms with van der Waals surface area (Å²) in [4.78, 5) is 16.2. The van der Waals surface area contributed by atoms with Crippen LogP contribution in [-0.4, -0.2) is 47.1 Å². The van der Waals surface area contributed by atoms with E-state index in [4.69, 9.17) is 14.5 Å². The molecule has 2 aromatic rings. The molecule has 2 saturated heterocycles. The molecule has 0 aliphatic carbocycles. The zero-order valence-corrected chi connectivity index (χ0v) is 15.8. The number of hydrogen-bond acceptors (Lipinski definition) is 6. The number of nitrogens with zero attached hydrogens (tertiary/aromatic N) is 4. The smallest absolute Gasteiger partial charge is 0.214 e. The fourth-order valence-electron chi connectivity index (χ4n) is 4.15. The molecular formula is C21H24N4O2. The van der Waals surface area contributed by atoms with Crippen LogP contribution in [0.25, 0.3) is 0 Å². The van der Waals surface area contributed by atoms with Gasteiger partial charge in [0.05, 0.1) is 30.6 Å². The van der Waals surface area contributed by atoms with E-state index in [0.29, 0.717) is 24.6 Å². The Hall–Kier alpha value is -2.47. The van der Waals surface area contributed by atoms with Gasteiger partial charge < -0.3 is 14.4 Å². The zero-order valence-electron chi connectivity index (χ0n) is 15.8. The first-order chi connectivity index (χ1) is 13.2. The summed E-state index contributed by atoms with van der Waals surface area (Å²) in [6.45, 7) is 6.53. The van der Waals surface area contributed by atoms with Crippen molar-refractivity contribution in [1.29, 1.82) is 0 Å². The molecule has 2 fully saturated rings. The summed E-state index contributed by atoms with van der Waals surface area (Å²) < 4.78 is 11.7. The number of rotatable bonds is 4. The third-order valence-electron chi connectivity index (χ3n) is 5.37. The average Bonchev–Trinajstić information content (AvgIpc) is 3.23. The number of ether oxygens (including phenoxy) is 2. The Morgan fingerprint density at radius 3 is 2.74 bits per heavy atom. The molecule has 0 aromatic carbocycles. The van der Waals surface area contributed by atoms with Gasteiger partial charge in [-0.1, -0.05) is 0 Å². The molecule has 3 aliphatic rings. The second-order valence-corrected chi connectivity index (χ2v) is 7.78. The van der Waals surface area contributed by atoms with Crippen LogP contribution in [0.4, 0.5) is 5.82 Å². The number of morpholine rings is 1. The number of aliphatic imine (C=N–C) groups is 1. The molecule has 2 aromatic heterocycles. The van der Waals surface area contributed by atoms with Gasteiger partial charge in [-0.25, -0.2) is 9.97 Å². The van der Waals surface area contributed by atoms with E-state index in [1.807, 2.05) is 38.4 Å². The zero-order chi connectivity index (χ0) is 18.4. The number of pyridine rings is 2. The molecule has 140 valence electrons. The third kappa shape index (κ3) is 3.18. The monoisotopic (exact) mass is 364 g/mol. The quantitative estimate of drug-likeness (QED) is 0.835. The van der Waals surface area contributed by atoms with Crippen LogP contribution in [0.5, 0.6) is 5.88 Å². The van der Waals surface area contributed by atoms with Crippen molar-refractivity contribution in [2.75, 3.05) is 18.0 Å². The summed E-state index contributed by atoms with van der Waals surface area (Å²) in [6.07, 6.45) is 6.88. The lowest BCUT2D eigenvalue weighted by Gasteiger charge is -2.33. The third-order valence-corrected chi connectivity index (χ3v) is 5.37. The van der Waals surface area contributed by atoms with Gasteiger partial charge in [-0.2, -0.15) is 0 Å². The van der Waals surface area contributed by atoms with Crippen LogP contribution in [0.2, 0.25) is 0 Å². The van der Waals surface area contributed by atoms with Gasteiger partial charge in [-0.05, 0) is 38.8 Å². The SMILES string of the molecule is CC(C)Oc1cc2c(cn1)CN=C2c1ccnc(N2CC3CCC(C2)O3)c1. The molecule has 0 saturated carbocycles. The van der Waals surface area contributed by atoms with E-state index in [1.165, 1.54) is 0 Å². The second kappa shape index (κ2) is 6.60.